The Morgan fingerprint density at radius 1 is 0.843 bits per heavy atom. The number of ether oxygens (including phenoxy) is 1. The van der Waals surface area contributed by atoms with E-state index >= 15 is 0 Å². The van der Waals surface area contributed by atoms with E-state index in [4.69, 9.17) is 9.72 Å². The van der Waals surface area contributed by atoms with Crippen LogP contribution < -0.4 is 10.2 Å². The third-order valence-corrected chi connectivity index (χ3v) is 10.5. The molecule has 260 valence electrons. The lowest BCUT2D eigenvalue weighted by Gasteiger charge is -2.27. The molecule has 51 heavy (non-hydrogen) atoms. The minimum absolute atomic E-state index is 0.118. The molecule has 3 amide bonds. The molecule has 11 heteroatoms. The van der Waals surface area contributed by atoms with Gasteiger partial charge in [0.2, 0.25) is 11.8 Å². The van der Waals surface area contributed by atoms with Crippen LogP contribution >= 0.6 is 0 Å². The number of nitrogens with zero attached hydrogens (tertiary/aromatic N) is 4. The van der Waals surface area contributed by atoms with Crippen LogP contribution in [0.4, 0.5) is 10.5 Å². The van der Waals surface area contributed by atoms with Crippen molar-refractivity contribution in [2.75, 3.05) is 18.6 Å². The van der Waals surface area contributed by atoms with Gasteiger partial charge >= 0.3 is 6.09 Å². The first kappa shape index (κ1) is 32.5. The number of hydrogen-bond donors (Lipinski definition) is 3. The largest absolute Gasteiger partial charge is 0.453 e. The highest BCUT2D eigenvalue weighted by molar-refractivity contribution is 5.98. The number of nitrogens with one attached hydrogen (secondary N) is 3. The molecule has 0 aliphatic carbocycles. The van der Waals surface area contributed by atoms with E-state index in [1.807, 2.05) is 29.1 Å². The van der Waals surface area contributed by atoms with Crippen LogP contribution in [-0.4, -0.2) is 62.4 Å². The molecule has 2 aromatic heterocycles. The Kier molecular flexibility index (Phi) is 8.63. The zero-order chi connectivity index (χ0) is 35.1. The van der Waals surface area contributed by atoms with Crippen molar-refractivity contribution in [1.29, 1.82) is 0 Å². The van der Waals surface area contributed by atoms with Crippen LogP contribution in [0.1, 0.15) is 73.9 Å². The van der Waals surface area contributed by atoms with Crippen molar-refractivity contribution in [2.45, 2.75) is 70.0 Å². The van der Waals surface area contributed by atoms with E-state index < -0.39 is 12.1 Å². The summed E-state index contributed by atoms with van der Waals surface area (Å²) in [5.41, 5.74) is 9.58. The number of aromatic amines is 2. The smallest absolute Gasteiger partial charge is 0.407 e. The van der Waals surface area contributed by atoms with Crippen molar-refractivity contribution >= 4 is 23.6 Å². The molecule has 0 saturated carbocycles. The SMILES string of the molecule is CC[C@H](NC(=O)OC)C(=O)N1CCC[C@H]1c1ncc(-c2ccc(-c3ccc(-c4cnc([C@@H]5Cc6cccc7c6N5C(=O)CCC7)[nH]4)cc3)cc2)[nH]1. The summed E-state index contributed by atoms with van der Waals surface area (Å²) < 4.78 is 4.71. The molecule has 11 nitrogen and oxygen atoms in total. The number of likely N-dealkylation sites (tertiary alicyclic amines) is 1. The summed E-state index contributed by atoms with van der Waals surface area (Å²) >= 11 is 0. The van der Waals surface area contributed by atoms with Gasteiger partial charge in [-0.25, -0.2) is 14.8 Å². The molecule has 1 saturated heterocycles. The number of carbonyl (C=O) groups excluding carboxylic acids is 3. The lowest BCUT2D eigenvalue weighted by molar-refractivity contribution is -0.134. The molecule has 8 rings (SSSR count). The molecular formula is C40H41N7O4. The number of rotatable bonds is 8. The Hall–Kier alpha value is -5.71. The van der Waals surface area contributed by atoms with Gasteiger partial charge in [-0.1, -0.05) is 73.7 Å². The van der Waals surface area contributed by atoms with Crippen LogP contribution in [0.3, 0.4) is 0 Å². The van der Waals surface area contributed by atoms with Crippen LogP contribution in [0.25, 0.3) is 33.6 Å². The Morgan fingerprint density at radius 2 is 1.45 bits per heavy atom. The van der Waals surface area contributed by atoms with E-state index in [1.54, 1.807) is 0 Å². The predicted octanol–water partition coefficient (Wildman–Crippen LogP) is 6.90. The molecule has 3 aromatic carbocycles. The number of H-pyrrole nitrogens is 2. The zero-order valence-electron chi connectivity index (χ0n) is 28.8. The highest BCUT2D eigenvalue weighted by Gasteiger charge is 2.39. The summed E-state index contributed by atoms with van der Waals surface area (Å²) in [5.74, 6) is 1.61. The highest BCUT2D eigenvalue weighted by atomic mass is 16.5. The van der Waals surface area contributed by atoms with E-state index in [0.29, 0.717) is 19.4 Å². The van der Waals surface area contributed by atoms with Crippen LogP contribution in [0.15, 0.2) is 79.1 Å². The topological polar surface area (TPSA) is 136 Å². The normalized spacial score (nSPS) is 18.7. The number of benzene rings is 3. The van der Waals surface area contributed by atoms with Crippen LogP contribution in [0.5, 0.6) is 0 Å². The van der Waals surface area contributed by atoms with E-state index in [2.05, 4.69) is 87.0 Å². The fraction of sp³-hybridized carbons (Fsp3) is 0.325. The molecule has 3 atom stereocenters. The maximum atomic E-state index is 13.3. The molecule has 5 aromatic rings. The number of carbonyl (C=O) groups is 3. The second-order valence-electron chi connectivity index (χ2n) is 13.6. The van der Waals surface area contributed by atoms with E-state index in [0.717, 1.165) is 83.1 Å². The summed E-state index contributed by atoms with van der Waals surface area (Å²) in [5, 5.41) is 2.65. The number of aryl methyl sites for hydroxylation is 1. The van der Waals surface area contributed by atoms with Gasteiger partial charge in [-0.15, -0.1) is 0 Å². The molecule has 3 aliphatic rings. The zero-order valence-corrected chi connectivity index (χ0v) is 28.8. The van der Waals surface area contributed by atoms with E-state index in [9.17, 15) is 14.4 Å². The third kappa shape index (κ3) is 6.06. The van der Waals surface area contributed by atoms with Crippen molar-refractivity contribution in [2.24, 2.45) is 0 Å². The molecule has 1 fully saturated rings. The summed E-state index contributed by atoms with van der Waals surface area (Å²) in [6, 6.07) is 22.2. The summed E-state index contributed by atoms with van der Waals surface area (Å²) in [4.78, 5) is 58.5. The first-order valence-electron chi connectivity index (χ1n) is 17.8. The van der Waals surface area contributed by atoms with Gasteiger partial charge in [0, 0.05) is 19.4 Å². The van der Waals surface area contributed by atoms with E-state index in [-0.39, 0.29) is 23.9 Å². The molecular weight excluding hydrogens is 642 g/mol. The standard InChI is InChI=1S/C40H41N7O4/c1-3-30(45-40(50)51-2)39(49)46-20-6-10-33(46)37-41-22-31(43-37)26-16-12-24(13-17-26)25-14-18-27(19-15-25)32-23-42-38(44-32)34-21-29-9-4-7-28-8-5-11-35(48)47(34)36(28)29/h4,7,9,12-19,22-23,30,33-34H,3,5-6,8,10-11,20-21H2,1-2H3,(H,41,43)(H,42,44)(H,45,50)/t30-,33-,34-/m0/s1. The summed E-state index contributed by atoms with van der Waals surface area (Å²) in [7, 11) is 1.29. The highest BCUT2D eigenvalue weighted by Crippen LogP contribution is 2.44. The second-order valence-corrected chi connectivity index (χ2v) is 13.6. The van der Waals surface area contributed by atoms with Crippen LogP contribution in [0, 0.1) is 0 Å². The number of amides is 3. The molecule has 0 unspecified atom stereocenters. The van der Waals surface area contributed by atoms with Crippen molar-refractivity contribution in [1.82, 2.24) is 30.2 Å². The molecule has 0 radical (unpaired) electrons. The minimum atomic E-state index is -0.642. The van der Waals surface area contributed by atoms with Gasteiger partial charge in [-0.05, 0) is 65.5 Å². The minimum Gasteiger partial charge on any atom is -0.453 e. The van der Waals surface area contributed by atoms with Crippen molar-refractivity contribution in [3.8, 4) is 33.6 Å². The first-order valence-corrected chi connectivity index (χ1v) is 17.8. The van der Waals surface area contributed by atoms with Crippen molar-refractivity contribution in [3.63, 3.8) is 0 Å². The van der Waals surface area contributed by atoms with Gasteiger partial charge in [-0.3, -0.25) is 9.59 Å². The number of para-hydroxylation sites is 1. The van der Waals surface area contributed by atoms with Crippen molar-refractivity contribution in [3.05, 3.63) is 102 Å². The third-order valence-electron chi connectivity index (χ3n) is 10.5. The fourth-order valence-corrected chi connectivity index (χ4v) is 7.89. The van der Waals surface area contributed by atoms with Crippen LogP contribution in [0.2, 0.25) is 0 Å². The number of alkyl carbamates (subject to hydrolysis) is 1. The molecule has 0 bridgehead atoms. The summed E-state index contributed by atoms with van der Waals surface area (Å²) in [6.07, 6.45) is 8.35. The molecule has 5 heterocycles. The predicted molar refractivity (Wildman–Crippen MR) is 194 cm³/mol. The number of methoxy groups -OCH3 is 1. The Balaban J connectivity index is 0.944. The van der Waals surface area contributed by atoms with Gasteiger partial charge in [0.15, 0.2) is 0 Å². The molecule has 3 aliphatic heterocycles. The van der Waals surface area contributed by atoms with Gasteiger partial charge in [0.05, 0.1) is 48.7 Å². The molecule has 0 spiro atoms. The van der Waals surface area contributed by atoms with Gasteiger partial charge in [0.25, 0.3) is 0 Å². The summed E-state index contributed by atoms with van der Waals surface area (Å²) in [6.45, 7) is 2.48. The van der Waals surface area contributed by atoms with Gasteiger partial charge in [-0.2, -0.15) is 0 Å². The van der Waals surface area contributed by atoms with E-state index in [1.165, 1.54) is 18.2 Å². The Bertz CT molecular complexity index is 2080. The maximum Gasteiger partial charge on any atom is 0.407 e. The number of aromatic nitrogens is 4. The second kappa shape index (κ2) is 13.5. The van der Waals surface area contributed by atoms with Crippen molar-refractivity contribution < 1.29 is 19.1 Å². The van der Waals surface area contributed by atoms with Gasteiger partial charge in [0.1, 0.15) is 17.7 Å². The Labute approximate surface area is 296 Å². The average Bonchev–Trinajstić information content (AvgIpc) is 3.98. The number of anilines is 1. The molecule has 3 N–H and O–H groups in total. The Morgan fingerprint density at radius 3 is 2.08 bits per heavy atom. The monoisotopic (exact) mass is 683 g/mol. The maximum absolute atomic E-state index is 13.3. The average molecular weight is 684 g/mol. The first-order chi connectivity index (χ1) is 24.9. The quantitative estimate of drug-likeness (QED) is 0.163. The fourth-order valence-electron chi connectivity index (χ4n) is 7.89. The van der Waals surface area contributed by atoms with Crippen LogP contribution in [-0.2, 0) is 27.2 Å². The lowest BCUT2D eigenvalue weighted by atomic mass is 10.0. The lowest BCUT2D eigenvalue weighted by Crippen LogP contribution is -2.48. The van der Waals surface area contributed by atoms with Gasteiger partial charge < -0.3 is 29.8 Å². The number of hydrogen-bond acceptors (Lipinski definition) is 6. The number of imidazole rings is 2.